The fraction of sp³-hybridized carbons (Fsp3) is 0.690. The molecule has 0 aromatic rings. The highest BCUT2D eigenvalue weighted by Crippen LogP contribution is 2.59. The first-order chi connectivity index (χ1) is 16.1. The van der Waals surface area contributed by atoms with Crippen molar-refractivity contribution < 1.29 is 24.9 Å². The zero-order chi connectivity index (χ0) is 24.7. The number of fused-ring (bicyclic) bond motifs is 1. The molecule has 34 heavy (non-hydrogen) atoms. The number of methoxy groups -OCH3 is 1. The summed E-state index contributed by atoms with van der Waals surface area (Å²) in [6.07, 6.45) is 14.4. The molecule has 188 valence electrons. The molecule has 0 aromatic carbocycles. The molecular formula is C29H42O5. The van der Waals surface area contributed by atoms with Crippen molar-refractivity contribution >= 4 is 5.97 Å². The SMILES string of the molecule is C=C1C(=CC=C2CCC[C@]3(C)[C@@H]([C@H](C)C=C[C@H](O)C4(C(=O)OC)CC4)CC[C@@H]23)C[C@@H](O)C[C@@H]1O. The third-order valence-electron chi connectivity index (χ3n) is 9.48. The van der Waals surface area contributed by atoms with Crippen LogP contribution in [0.1, 0.15) is 71.6 Å². The van der Waals surface area contributed by atoms with Gasteiger partial charge in [-0.05, 0) is 85.7 Å². The molecule has 0 amide bonds. The van der Waals surface area contributed by atoms with Gasteiger partial charge in [0.15, 0.2) is 0 Å². The van der Waals surface area contributed by atoms with Gasteiger partial charge in [0, 0.05) is 6.42 Å². The number of rotatable bonds is 6. The Bertz CT molecular complexity index is 894. The number of aliphatic hydroxyl groups is 3. The van der Waals surface area contributed by atoms with E-state index in [9.17, 15) is 20.1 Å². The number of hydrogen-bond acceptors (Lipinski definition) is 5. The van der Waals surface area contributed by atoms with Gasteiger partial charge in [-0.1, -0.05) is 50.3 Å². The molecular weight excluding hydrogens is 428 g/mol. The van der Waals surface area contributed by atoms with Gasteiger partial charge in [0.05, 0.1) is 30.8 Å². The largest absolute Gasteiger partial charge is 0.469 e. The second-order valence-electron chi connectivity index (χ2n) is 11.5. The van der Waals surface area contributed by atoms with Gasteiger partial charge in [-0.15, -0.1) is 0 Å². The zero-order valence-electron chi connectivity index (χ0n) is 21.0. The van der Waals surface area contributed by atoms with E-state index in [0.717, 1.165) is 36.8 Å². The van der Waals surface area contributed by atoms with Gasteiger partial charge in [0.25, 0.3) is 0 Å². The minimum absolute atomic E-state index is 0.208. The average molecular weight is 471 g/mol. The van der Waals surface area contributed by atoms with Crippen LogP contribution >= 0.6 is 0 Å². The molecule has 4 aliphatic rings. The summed E-state index contributed by atoms with van der Waals surface area (Å²) < 4.78 is 4.91. The minimum atomic E-state index is -0.782. The molecule has 5 nitrogen and oxygen atoms in total. The molecule has 0 heterocycles. The van der Waals surface area contributed by atoms with Crippen LogP contribution in [0.2, 0.25) is 0 Å². The maximum absolute atomic E-state index is 12.1. The Balaban J connectivity index is 1.47. The van der Waals surface area contributed by atoms with Crippen molar-refractivity contribution in [3.8, 4) is 0 Å². The minimum Gasteiger partial charge on any atom is -0.469 e. The van der Waals surface area contributed by atoms with E-state index in [-0.39, 0.29) is 11.4 Å². The number of hydrogen-bond donors (Lipinski definition) is 3. The zero-order valence-corrected chi connectivity index (χ0v) is 21.0. The lowest BCUT2D eigenvalue weighted by molar-refractivity contribution is -0.150. The van der Waals surface area contributed by atoms with Crippen LogP contribution in [0.15, 0.2) is 47.6 Å². The number of carbonyl (C=O) groups excluding carboxylic acids is 1. The maximum Gasteiger partial charge on any atom is 0.314 e. The fourth-order valence-corrected chi connectivity index (χ4v) is 7.17. The van der Waals surface area contributed by atoms with Crippen LogP contribution in [0.3, 0.4) is 0 Å². The van der Waals surface area contributed by atoms with E-state index >= 15 is 0 Å². The Hall–Kier alpha value is -1.69. The molecule has 4 aliphatic carbocycles. The Kier molecular flexibility index (Phi) is 7.29. The van der Waals surface area contributed by atoms with Gasteiger partial charge in [0.1, 0.15) is 0 Å². The van der Waals surface area contributed by atoms with Gasteiger partial charge in [-0.25, -0.2) is 0 Å². The Morgan fingerprint density at radius 2 is 1.91 bits per heavy atom. The predicted octanol–water partition coefficient (Wildman–Crippen LogP) is 4.63. The maximum atomic E-state index is 12.1. The fourth-order valence-electron chi connectivity index (χ4n) is 7.17. The van der Waals surface area contributed by atoms with E-state index in [1.54, 1.807) is 0 Å². The molecule has 3 N–H and O–H groups in total. The summed E-state index contributed by atoms with van der Waals surface area (Å²) in [4.78, 5) is 12.1. The van der Waals surface area contributed by atoms with Crippen molar-refractivity contribution in [1.82, 2.24) is 0 Å². The summed E-state index contributed by atoms with van der Waals surface area (Å²) in [6.45, 7) is 8.72. The van der Waals surface area contributed by atoms with E-state index in [0.29, 0.717) is 43.4 Å². The van der Waals surface area contributed by atoms with Crippen molar-refractivity contribution in [2.45, 2.75) is 89.9 Å². The van der Waals surface area contributed by atoms with Crippen molar-refractivity contribution in [3.63, 3.8) is 0 Å². The molecule has 0 unspecified atom stereocenters. The van der Waals surface area contributed by atoms with Crippen LogP contribution in [0, 0.1) is 28.6 Å². The Labute approximate surface area is 204 Å². The lowest BCUT2D eigenvalue weighted by atomic mass is 9.61. The molecule has 4 saturated carbocycles. The number of aliphatic hydroxyl groups excluding tert-OH is 3. The monoisotopic (exact) mass is 470 g/mol. The molecule has 5 heteroatoms. The first-order valence-corrected chi connectivity index (χ1v) is 13.0. The molecule has 4 fully saturated rings. The summed E-state index contributed by atoms with van der Waals surface area (Å²) in [5.41, 5.74) is 2.66. The standard InChI is InChI=1S/C29H42O5/c1-18(7-12-26(32)29(14-15-29)27(33)34-4)23-10-11-24-20(6-5-13-28(23,24)3)8-9-21-16-22(30)17-25(31)19(21)2/h7-9,12,18,22-26,30-32H,2,5-6,10-11,13-17H2,1,3-4H3/t18-,22-,23-,24+,25+,26+,28-/m1/s1. The molecule has 0 aliphatic heterocycles. The third-order valence-corrected chi connectivity index (χ3v) is 9.48. The van der Waals surface area contributed by atoms with Crippen molar-refractivity contribution in [3.05, 3.63) is 47.6 Å². The van der Waals surface area contributed by atoms with Crippen LogP contribution in [-0.4, -0.2) is 46.7 Å². The Morgan fingerprint density at radius 3 is 2.59 bits per heavy atom. The quantitative estimate of drug-likeness (QED) is 0.389. The molecule has 0 aromatic heterocycles. The van der Waals surface area contributed by atoms with Crippen LogP contribution in [0.25, 0.3) is 0 Å². The van der Waals surface area contributed by atoms with Gasteiger partial charge in [0.2, 0.25) is 0 Å². The second kappa shape index (κ2) is 9.75. The predicted molar refractivity (Wildman–Crippen MR) is 133 cm³/mol. The summed E-state index contributed by atoms with van der Waals surface area (Å²) >= 11 is 0. The normalized spacial score (nSPS) is 39.3. The van der Waals surface area contributed by atoms with Gasteiger partial charge < -0.3 is 20.1 Å². The molecule has 0 bridgehead atoms. The molecule has 0 spiro atoms. The number of carbonyl (C=O) groups is 1. The van der Waals surface area contributed by atoms with Gasteiger partial charge in [-0.2, -0.15) is 0 Å². The second-order valence-corrected chi connectivity index (χ2v) is 11.5. The van der Waals surface area contributed by atoms with E-state index in [2.05, 4.69) is 38.7 Å². The van der Waals surface area contributed by atoms with E-state index < -0.39 is 23.7 Å². The molecule has 7 atom stereocenters. The van der Waals surface area contributed by atoms with E-state index in [1.807, 2.05) is 6.08 Å². The lowest BCUT2D eigenvalue weighted by Gasteiger charge is -2.44. The van der Waals surface area contributed by atoms with Crippen LogP contribution in [0.5, 0.6) is 0 Å². The number of ether oxygens (including phenoxy) is 1. The molecule has 0 saturated heterocycles. The van der Waals surface area contributed by atoms with Crippen LogP contribution in [0.4, 0.5) is 0 Å². The highest BCUT2D eigenvalue weighted by atomic mass is 16.5. The number of allylic oxidation sites excluding steroid dienone is 4. The smallest absolute Gasteiger partial charge is 0.314 e. The highest BCUT2D eigenvalue weighted by molar-refractivity contribution is 5.80. The van der Waals surface area contributed by atoms with Crippen molar-refractivity contribution in [2.24, 2.45) is 28.6 Å². The van der Waals surface area contributed by atoms with Crippen molar-refractivity contribution in [2.75, 3.05) is 7.11 Å². The van der Waals surface area contributed by atoms with E-state index in [1.165, 1.54) is 19.1 Å². The highest BCUT2D eigenvalue weighted by Gasteiger charge is 2.56. The van der Waals surface area contributed by atoms with Gasteiger partial charge >= 0.3 is 5.97 Å². The summed E-state index contributed by atoms with van der Waals surface area (Å²) in [5.74, 6) is 1.07. The lowest BCUT2D eigenvalue weighted by Crippen LogP contribution is -2.35. The Morgan fingerprint density at radius 1 is 1.18 bits per heavy atom. The van der Waals surface area contributed by atoms with Gasteiger partial charge in [-0.3, -0.25) is 4.79 Å². The third kappa shape index (κ3) is 4.59. The summed E-state index contributed by atoms with van der Waals surface area (Å²) in [6, 6.07) is 0. The summed E-state index contributed by atoms with van der Waals surface area (Å²) in [7, 11) is 1.39. The first-order valence-electron chi connectivity index (χ1n) is 13.0. The van der Waals surface area contributed by atoms with Crippen molar-refractivity contribution in [1.29, 1.82) is 0 Å². The molecule has 4 rings (SSSR count). The molecule has 0 radical (unpaired) electrons. The first kappa shape index (κ1) is 25.4. The number of esters is 1. The topological polar surface area (TPSA) is 87.0 Å². The van der Waals surface area contributed by atoms with Crippen LogP contribution in [-0.2, 0) is 9.53 Å². The average Bonchev–Trinajstić information content (AvgIpc) is 3.54. The summed E-state index contributed by atoms with van der Waals surface area (Å²) in [5, 5.41) is 30.9. The van der Waals surface area contributed by atoms with E-state index in [4.69, 9.17) is 4.74 Å². The van der Waals surface area contributed by atoms with Crippen LogP contribution < -0.4 is 0 Å².